The molecule has 7 rings (SSSR count). The minimum absolute atomic E-state index is 0.151. The monoisotopic (exact) mass is 428 g/mol. The number of aliphatic imine (C=N–C) groups is 1. The summed E-state index contributed by atoms with van der Waals surface area (Å²) in [6.07, 6.45) is 16.7. The van der Waals surface area contributed by atoms with Crippen LogP contribution in [0.4, 0.5) is 0 Å². The maximum absolute atomic E-state index is 13.8. The predicted octanol–water partition coefficient (Wildman–Crippen LogP) is 5.44. The first-order valence-electron chi connectivity index (χ1n) is 13.2. The highest BCUT2D eigenvalue weighted by Gasteiger charge is 2.90. The number of hydrogen-bond acceptors (Lipinski definition) is 2. The van der Waals surface area contributed by atoms with Crippen molar-refractivity contribution in [3.05, 3.63) is 47.5 Å². The van der Waals surface area contributed by atoms with E-state index in [0.717, 1.165) is 38.1 Å². The Morgan fingerprint density at radius 1 is 1.00 bits per heavy atom. The average molecular weight is 429 g/mol. The third-order valence-corrected chi connectivity index (χ3v) is 10.9. The standard InChI is InChI=1S/C29H36N2O/c30-16-20-8-10-21(11-9-20)17-31-26(32)28-13-22-14-29(28)25(24(22)12-19-6-7-19)15-27(29,18-28)23-4-2-1-3-5-23/h1-5,12,17,19-22,25H,6-11,13-16,18,30H2/b24-12-,31-17+. The summed E-state index contributed by atoms with van der Waals surface area (Å²) in [6, 6.07) is 11.2. The van der Waals surface area contributed by atoms with Crippen molar-refractivity contribution in [2.45, 2.75) is 69.6 Å². The summed E-state index contributed by atoms with van der Waals surface area (Å²) in [4.78, 5) is 18.6. The Morgan fingerprint density at radius 3 is 2.47 bits per heavy atom. The van der Waals surface area contributed by atoms with Gasteiger partial charge in [0.15, 0.2) is 0 Å². The van der Waals surface area contributed by atoms with Crippen LogP contribution in [0.25, 0.3) is 0 Å². The van der Waals surface area contributed by atoms with E-state index in [1.54, 1.807) is 5.57 Å². The van der Waals surface area contributed by atoms with Crippen LogP contribution in [0.1, 0.15) is 69.8 Å². The molecule has 0 saturated heterocycles. The molecule has 2 bridgehead atoms. The Hall–Kier alpha value is -1.74. The summed E-state index contributed by atoms with van der Waals surface area (Å²) in [6.45, 7) is 0.801. The maximum atomic E-state index is 13.8. The van der Waals surface area contributed by atoms with Gasteiger partial charge in [0.25, 0.3) is 5.91 Å². The maximum Gasteiger partial charge on any atom is 0.252 e. The number of hydrogen-bond donors (Lipinski definition) is 1. The minimum atomic E-state index is -0.192. The Balaban J connectivity index is 1.19. The van der Waals surface area contributed by atoms with Crippen LogP contribution in [0.5, 0.6) is 0 Å². The number of benzene rings is 1. The van der Waals surface area contributed by atoms with Crippen molar-refractivity contribution >= 4 is 12.1 Å². The molecule has 0 aliphatic heterocycles. The van der Waals surface area contributed by atoms with Crippen LogP contribution >= 0.6 is 0 Å². The molecule has 6 fully saturated rings. The third-order valence-electron chi connectivity index (χ3n) is 10.9. The van der Waals surface area contributed by atoms with Crippen LogP contribution in [0.15, 0.2) is 47.0 Å². The fourth-order valence-corrected chi connectivity index (χ4v) is 9.33. The molecule has 2 N–H and O–H groups in total. The highest BCUT2D eigenvalue weighted by atomic mass is 16.1. The zero-order chi connectivity index (χ0) is 21.6. The molecule has 1 amide bonds. The van der Waals surface area contributed by atoms with E-state index >= 15 is 0 Å². The van der Waals surface area contributed by atoms with E-state index in [9.17, 15) is 4.79 Å². The van der Waals surface area contributed by atoms with Gasteiger partial charge in [0, 0.05) is 17.0 Å². The summed E-state index contributed by atoms with van der Waals surface area (Å²) in [5.41, 5.74) is 9.26. The second-order valence-corrected chi connectivity index (χ2v) is 12.1. The van der Waals surface area contributed by atoms with E-state index in [4.69, 9.17) is 10.7 Å². The fraction of sp³-hybridized carbons (Fsp3) is 0.655. The van der Waals surface area contributed by atoms with Crippen LogP contribution in [0.2, 0.25) is 0 Å². The molecule has 5 unspecified atom stereocenters. The first-order valence-corrected chi connectivity index (χ1v) is 13.2. The summed E-state index contributed by atoms with van der Waals surface area (Å²) < 4.78 is 0. The summed E-state index contributed by atoms with van der Waals surface area (Å²) in [5.74, 6) is 3.46. The van der Waals surface area contributed by atoms with Gasteiger partial charge < -0.3 is 5.73 Å². The van der Waals surface area contributed by atoms with Gasteiger partial charge in [0.1, 0.15) is 0 Å². The quantitative estimate of drug-likeness (QED) is 0.501. The Morgan fingerprint density at radius 2 is 1.75 bits per heavy atom. The predicted molar refractivity (Wildman–Crippen MR) is 127 cm³/mol. The van der Waals surface area contributed by atoms with E-state index in [1.165, 1.54) is 44.1 Å². The van der Waals surface area contributed by atoms with Crippen molar-refractivity contribution in [2.24, 2.45) is 51.1 Å². The summed E-state index contributed by atoms with van der Waals surface area (Å²) in [7, 11) is 0. The number of carbonyl (C=O) groups is 1. The highest BCUT2D eigenvalue weighted by Crippen LogP contribution is 2.92. The second-order valence-electron chi connectivity index (χ2n) is 12.1. The lowest BCUT2D eigenvalue weighted by atomic mass is 9.23. The van der Waals surface area contributed by atoms with Crippen LogP contribution < -0.4 is 5.73 Å². The van der Waals surface area contributed by atoms with Crippen LogP contribution in [-0.2, 0) is 10.2 Å². The number of carbonyl (C=O) groups excluding carboxylic acids is 1. The molecule has 6 saturated carbocycles. The normalized spacial score (nSPS) is 47.3. The lowest BCUT2D eigenvalue weighted by Crippen LogP contribution is -2.78. The molecular formula is C29H36N2O. The van der Waals surface area contributed by atoms with Crippen molar-refractivity contribution in [1.29, 1.82) is 0 Å². The minimum Gasteiger partial charge on any atom is -0.330 e. The van der Waals surface area contributed by atoms with Gasteiger partial charge in [-0.1, -0.05) is 42.0 Å². The van der Waals surface area contributed by atoms with Crippen molar-refractivity contribution in [1.82, 2.24) is 0 Å². The Labute approximate surface area is 191 Å². The molecule has 32 heavy (non-hydrogen) atoms. The third kappa shape index (κ3) is 2.31. The first kappa shape index (κ1) is 19.7. The van der Waals surface area contributed by atoms with Crippen molar-refractivity contribution in [2.75, 3.05) is 6.54 Å². The van der Waals surface area contributed by atoms with Gasteiger partial charge in [0.2, 0.25) is 0 Å². The summed E-state index contributed by atoms with van der Waals surface area (Å²) in [5, 5.41) is 0. The van der Waals surface area contributed by atoms with Crippen LogP contribution in [-0.4, -0.2) is 18.7 Å². The zero-order valence-corrected chi connectivity index (χ0v) is 19.1. The number of nitrogens with zero attached hydrogens (tertiary/aromatic N) is 1. The second kappa shape index (κ2) is 6.65. The zero-order valence-electron chi connectivity index (χ0n) is 19.1. The molecule has 6 aliphatic rings. The van der Waals surface area contributed by atoms with E-state index in [-0.39, 0.29) is 22.2 Å². The topological polar surface area (TPSA) is 55.4 Å². The molecule has 3 nitrogen and oxygen atoms in total. The highest BCUT2D eigenvalue weighted by molar-refractivity contribution is 5.94. The van der Waals surface area contributed by atoms with Gasteiger partial charge in [-0.25, -0.2) is 4.99 Å². The fourth-order valence-electron chi connectivity index (χ4n) is 9.33. The molecule has 168 valence electrons. The molecule has 1 aromatic carbocycles. The lowest BCUT2D eigenvalue weighted by molar-refractivity contribution is -0.246. The molecule has 6 aliphatic carbocycles. The van der Waals surface area contributed by atoms with E-state index < -0.39 is 0 Å². The van der Waals surface area contributed by atoms with Gasteiger partial charge in [-0.05, 0) is 106 Å². The SMILES string of the molecule is NCC1CCC(/C=N/C(=O)C23CC4CC25C(CC5(c2ccccc2)C3)/C4=C\C2CC2)CC1. The van der Waals surface area contributed by atoms with Crippen molar-refractivity contribution < 1.29 is 4.79 Å². The number of rotatable bonds is 5. The van der Waals surface area contributed by atoms with Gasteiger partial charge in [0.05, 0.1) is 5.41 Å². The number of amides is 1. The number of fused-ring (bicyclic) bond motifs is 1. The molecule has 3 heteroatoms. The van der Waals surface area contributed by atoms with Crippen LogP contribution in [0.3, 0.4) is 0 Å². The molecule has 0 aromatic heterocycles. The van der Waals surface area contributed by atoms with Gasteiger partial charge in [-0.2, -0.15) is 0 Å². The number of nitrogens with two attached hydrogens (primary N) is 1. The van der Waals surface area contributed by atoms with Gasteiger partial charge >= 0.3 is 0 Å². The van der Waals surface area contributed by atoms with Crippen LogP contribution in [0, 0.1) is 40.4 Å². The lowest BCUT2D eigenvalue weighted by Gasteiger charge is -2.79. The smallest absolute Gasteiger partial charge is 0.252 e. The Bertz CT molecular complexity index is 1000. The van der Waals surface area contributed by atoms with Crippen molar-refractivity contribution in [3.8, 4) is 0 Å². The van der Waals surface area contributed by atoms with Gasteiger partial charge in [-0.3, -0.25) is 4.79 Å². The van der Waals surface area contributed by atoms with E-state index in [0.29, 0.717) is 23.7 Å². The van der Waals surface area contributed by atoms with Crippen molar-refractivity contribution in [3.63, 3.8) is 0 Å². The molecule has 5 atom stereocenters. The molecule has 0 radical (unpaired) electrons. The molecule has 1 aromatic rings. The summed E-state index contributed by atoms with van der Waals surface area (Å²) >= 11 is 0. The Kier molecular flexibility index (Phi) is 4.10. The van der Waals surface area contributed by atoms with Gasteiger partial charge in [-0.15, -0.1) is 0 Å². The first-order chi connectivity index (χ1) is 15.6. The van der Waals surface area contributed by atoms with E-state index in [1.807, 2.05) is 6.21 Å². The molecular weight excluding hydrogens is 392 g/mol. The molecule has 0 heterocycles. The number of allylic oxidation sites excluding steroid dienone is 2. The van der Waals surface area contributed by atoms with E-state index in [2.05, 4.69) is 36.4 Å². The largest absolute Gasteiger partial charge is 0.330 e. The molecule has 1 spiro atoms. The average Bonchev–Trinajstić information content (AvgIpc) is 3.52.